The van der Waals surface area contributed by atoms with E-state index in [0.717, 1.165) is 18.4 Å². The molecule has 0 aliphatic heterocycles. The minimum absolute atomic E-state index is 0.0486. The summed E-state index contributed by atoms with van der Waals surface area (Å²) in [6, 6.07) is 7.85. The van der Waals surface area contributed by atoms with Crippen molar-refractivity contribution in [3.63, 3.8) is 0 Å². The zero-order valence-electron chi connectivity index (χ0n) is 16.6. The van der Waals surface area contributed by atoms with Crippen LogP contribution in [0, 0.1) is 0 Å². The predicted octanol–water partition coefficient (Wildman–Crippen LogP) is 5.00. The van der Waals surface area contributed by atoms with Gasteiger partial charge in [0, 0.05) is 11.1 Å². The highest BCUT2D eigenvalue weighted by molar-refractivity contribution is 5.93. The number of hydrogen-bond acceptors (Lipinski definition) is 3. The Labute approximate surface area is 144 Å². The van der Waals surface area contributed by atoms with E-state index in [1.165, 1.54) is 12.0 Å². The average molecular weight is 326 g/mol. The highest BCUT2D eigenvalue weighted by Crippen LogP contribution is 2.06. The number of ketones is 1. The van der Waals surface area contributed by atoms with Crippen molar-refractivity contribution in [3.8, 4) is 0 Å². The summed E-state index contributed by atoms with van der Waals surface area (Å²) in [5.74, 6) is 0.137. The maximum atomic E-state index is 10.9. The zero-order valence-corrected chi connectivity index (χ0v) is 16.6. The number of carbonyl (C=O) groups is 1. The summed E-state index contributed by atoms with van der Waals surface area (Å²) in [6.07, 6.45) is 3.50. The van der Waals surface area contributed by atoms with Crippen molar-refractivity contribution < 1.29 is 9.90 Å². The molecule has 1 aromatic rings. The summed E-state index contributed by atoms with van der Waals surface area (Å²) in [4.78, 5) is 10.9. The number of nitrogens with two attached hydrogens (primary N) is 1. The Morgan fingerprint density at radius 3 is 1.65 bits per heavy atom. The van der Waals surface area contributed by atoms with Crippen LogP contribution in [0.2, 0.25) is 0 Å². The lowest BCUT2D eigenvalue weighted by Crippen LogP contribution is -2.35. The van der Waals surface area contributed by atoms with E-state index < -0.39 is 5.54 Å². The van der Waals surface area contributed by atoms with Crippen LogP contribution in [0.5, 0.6) is 0 Å². The number of Topliss-reactive ketones (excluding diaryl/α,β-unsaturated/α-hetero) is 1. The number of carbonyl (C=O) groups excluding carboxylic acids is 1. The molecule has 1 aromatic carbocycles. The number of aryl methyl sites for hydroxylation is 1. The van der Waals surface area contributed by atoms with Gasteiger partial charge in [0.1, 0.15) is 0 Å². The molecule has 0 radical (unpaired) electrons. The summed E-state index contributed by atoms with van der Waals surface area (Å²) >= 11 is 0. The van der Waals surface area contributed by atoms with Crippen LogP contribution in [0.1, 0.15) is 84.2 Å². The number of aliphatic hydroxyl groups is 1. The number of hydrogen-bond donors (Lipinski definition) is 2. The van der Waals surface area contributed by atoms with Gasteiger partial charge in [-0.15, -0.1) is 0 Å². The minimum Gasteiger partial charge on any atom is -0.394 e. The van der Waals surface area contributed by atoms with Gasteiger partial charge < -0.3 is 10.8 Å². The Kier molecular flexibility index (Phi) is 19.9. The van der Waals surface area contributed by atoms with Crippen LogP contribution in [-0.4, -0.2) is 23.0 Å². The van der Waals surface area contributed by atoms with E-state index in [4.69, 9.17) is 10.8 Å². The lowest BCUT2D eigenvalue weighted by atomic mass is 10.1. The van der Waals surface area contributed by atoms with E-state index in [1.807, 2.05) is 38.1 Å². The second-order valence-corrected chi connectivity index (χ2v) is 5.86. The average Bonchev–Trinajstić information content (AvgIpc) is 2.51. The quantitative estimate of drug-likeness (QED) is 0.766. The van der Waals surface area contributed by atoms with Gasteiger partial charge in [-0.2, -0.15) is 0 Å². The van der Waals surface area contributed by atoms with Crippen LogP contribution in [0.25, 0.3) is 0 Å². The van der Waals surface area contributed by atoms with Crippen LogP contribution >= 0.6 is 0 Å². The number of benzene rings is 1. The van der Waals surface area contributed by atoms with Crippen LogP contribution < -0.4 is 5.73 Å². The molecule has 23 heavy (non-hydrogen) atoms. The third kappa shape index (κ3) is 20.8. The SMILES string of the molecule is CC.CC(C)(N)CO.CCC.CCCc1ccc(C(C)=O)cc1. The largest absolute Gasteiger partial charge is 0.394 e. The van der Waals surface area contributed by atoms with Gasteiger partial charge in [0.25, 0.3) is 0 Å². The normalized spacial score (nSPS) is 9.30. The molecule has 0 fully saturated rings. The molecular formula is C20H39NO2. The molecule has 3 nitrogen and oxygen atoms in total. The van der Waals surface area contributed by atoms with Gasteiger partial charge in [-0.05, 0) is 32.8 Å². The molecule has 0 saturated heterocycles. The smallest absolute Gasteiger partial charge is 0.159 e. The molecule has 0 saturated carbocycles. The van der Waals surface area contributed by atoms with Crippen LogP contribution in [0.15, 0.2) is 24.3 Å². The molecular weight excluding hydrogens is 286 g/mol. The molecule has 3 N–H and O–H groups in total. The lowest BCUT2D eigenvalue weighted by Gasteiger charge is -2.12. The molecule has 0 unspecified atom stereocenters. The monoisotopic (exact) mass is 325 g/mol. The first-order chi connectivity index (χ1) is 10.7. The first kappa shape index (κ1) is 26.7. The standard InChI is InChI=1S/C11H14O.C4H11NO.C3H8.C2H6/c1-3-4-10-5-7-11(8-6-10)9(2)12;1-4(2,5)3-6;1-3-2;1-2/h5-8H,3-4H2,1-2H3;6H,3,5H2,1-2H3;3H2,1-2H3;1-2H3. The first-order valence-corrected chi connectivity index (χ1v) is 8.71. The highest BCUT2D eigenvalue weighted by atomic mass is 16.3. The minimum atomic E-state index is -0.403. The highest BCUT2D eigenvalue weighted by Gasteiger charge is 2.05. The molecule has 0 aliphatic rings. The molecule has 0 atom stereocenters. The molecule has 0 amide bonds. The third-order valence-corrected chi connectivity index (χ3v) is 2.31. The summed E-state index contributed by atoms with van der Waals surface area (Å²) in [6.45, 7) is 15.6. The molecule has 0 heterocycles. The topological polar surface area (TPSA) is 63.3 Å². The van der Waals surface area contributed by atoms with Gasteiger partial charge in [-0.3, -0.25) is 4.79 Å². The van der Waals surface area contributed by atoms with E-state index in [0.29, 0.717) is 0 Å². The molecule has 0 bridgehead atoms. The van der Waals surface area contributed by atoms with Crippen molar-refractivity contribution in [2.45, 2.75) is 80.2 Å². The molecule has 136 valence electrons. The maximum Gasteiger partial charge on any atom is 0.159 e. The van der Waals surface area contributed by atoms with E-state index in [-0.39, 0.29) is 12.4 Å². The summed E-state index contributed by atoms with van der Waals surface area (Å²) in [5, 5.41) is 8.28. The van der Waals surface area contributed by atoms with Gasteiger partial charge in [0.2, 0.25) is 0 Å². The van der Waals surface area contributed by atoms with Crippen LogP contribution in [0.3, 0.4) is 0 Å². The van der Waals surface area contributed by atoms with Crippen molar-refractivity contribution >= 4 is 5.78 Å². The van der Waals surface area contributed by atoms with Crippen molar-refractivity contribution in [2.75, 3.05) is 6.61 Å². The molecule has 0 aromatic heterocycles. The Balaban J connectivity index is -0.000000307. The van der Waals surface area contributed by atoms with E-state index in [2.05, 4.69) is 20.8 Å². The van der Waals surface area contributed by atoms with Gasteiger partial charge in [0.05, 0.1) is 6.61 Å². The second-order valence-electron chi connectivity index (χ2n) is 5.86. The molecule has 0 spiro atoms. The first-order valence-electron chi connectivity index (χ1n) is 8.71. The van der Waals surface area contributed by atoms with Crippen LogP contribution in [-0.2, 0) is 6.42 Å². The maximum absolute atomic E-state index is 10.9. The van der Waals surface area contributed by atoms with Crippen molar-refractivity contribution in [2.24, 2.45) is 5.73 Å². The fraction of sp³-hybridized carbons (Fsp3) is 0.650. The van der Waals surface area contributed by atoms with Crippen molar-refractivity contribution in [3.05, 3.63) is 35.4 Å². The van der Waals surface area contributed by atoms with Gasteiger partial charge >= 0.3 is 0 Å². The fourth-order valence-corrected chi connectivity index (χ4v) is 1.19. The predicted molar refractivity (Wildman–Crippen MR) is 103 cm³/mol. The Morgan fingerprint density at radius 2 is 1.43 bits per heavy atom. The number of rotatable bonds is 4. The Bertz CT molecular complexity index is 364. The lowest BCUT2D eigenvalue weighted by molar-refractivity contribution is 0.101. The van der Waals surface area contributed by atoms with Gasteiger partial charge in [-0.25, -0.2) is 0 Å². The van der Waals surface area contributed by atoms with Gasteiger partial charge in [-0.1, -0.05) is 71.7 Å². The second kappa shape index (κ2) is 17.2. The molecule has 1 rings (SSSR count). The Hall–Kier alpha value is -1.19. The Morgan fingerprint density at radius 1 is 1.09 bits per heavy atom. The number of aliphatic hydroxyl groups excluding tert-OH is 1. The van der Waals surface area contributed by atoms with E-state index in [9.17, 15) is 4.79 Å². The summed E-state index contributed by atoms with van der Waals surface area (Å²) < 4.78 is 0. The molecule has 0 aliphatic carbocycles. The zero-order chi connectivity index (χ0) is 18.9. The van der Waals surface area contributed by atoms with E-state index >= 15 is 0 Å². The van der Waals surface area contributed by atoms with Crippen molar-refractivity contribution in [1.82, 2.24) is 0 Å². The van der Waals surface area contributed by atoms with Crippen LogP contribution in [0.4, 0.5) is 0 Å². The van der Waals surface area contributed by atoms with E-state index in [1.54, 1.807) is 20.8 Å². The summed E-state index contributed by atoms with van der Waals surface area (Å²) in [7, 11) is 0. The van der Waals surface area contributed by atoms with Crippen molar-refractivity contribution in [1.29, 1.82) is 0 Å². The fourth-order valence-electron chi connectivity index (χ4n) is 1.19. The summed E-state index contributed by atoms with van der Waals surface area (Å²) in [5.41, 5.74) is 6.99. The third-order valence-electron chi connectivity index (χ3n) is 2.31. The molecule has 3 heteroatoms. The van der Waals surface area contributed by atoms with Gasteiger partial charge in [0.15, 0.2) is 5.78 Å².